The van der Waals surface area contributed by atoms with Gasteiger partial charge in [0, 0.05) is 0 Å². The maximum atomic E-state index is 9.92. The fourth-order valence-electron chi connectivity index (χ4n) is 1.22. The zero-order valence-corrected chi connectivity index (χ0v) is 7.70. The van der Waals surface area contributed by atoms with Crippen molar-refractivity contribution in [1.29, 1.82) is 0 Å². The van der Waals surface area contributed by atoms with Crippen LogP contribution >= 0.6 is 0 Å². The molecule has 0 radical (unpaired) electrons. The van der Waals surface area contributed by atoms with Crippen LogP contribution in [0.3, 0.4) is 0 Å². The van der Waals surface area contributed by atoms with E-state index in [0.29, 0.717) is 6.42 Å². The van der Waals surface area contributed by atoms with E-state index in [1.807, 2.05) is 0 Å². The lowest BCUT2D eigenvalue weighted by molar-refractivity contribution is 0.0606. The van der Waals surface area contributed by atoms with Gasteiger partial charge in [0.2, 0.25) is 0 Å². The van der Waals surface area contributed by atoms with Crippen molar-refractivity contribution in [2.75, 3.05) is 0 Å². The summed E-state index contributed by atoms with van der Waals surface area (Å²) in [6.07, 6.45) is 2.17. The molecule has 1 aromatic rings. The van der Waals surface area contributed by atoms with E-state index in [1.54, 1.807) is 37.3 Å². The summed E-state index contributed by atoms with van der Waals surface area (Å²) in [5, 5.41) is 19.0. The van der Waals surface area contributed by atoms with E-state index in [-0.39, 0.29) is 5.75 Å². The molecule has 0 spiro atoms. The normalized spacial score (nSPS) is 14.9. The molecule has 0 aliphatic carbocycles. The average Bonchev–Trinajstić information content (AvgIpc) is 2.05. The smallest absolute Gasteiger partial charge is 0.115 e. The van der Waals surface area contributed by atoms with Crippen LogP contribution in [0.25, 0.3) is 0 Å². The molecule has 0 heterocycles. The molecule has 0 saturated carbocycles. The Bertz CT molecular complexity index is 285. The lowest BCUT2D eigenvalue weighted by atomic mass is 9.93. The van der Waals surface area contributed by atoms with Crippen LogP contribution in [-0.4, -0.2) is 10.2 Å². The van der Waals surface area contributed by atoms with Crippen LogP contribution < -0.4 is 0 Å². The Morgan fingerprint density at radius 1 is 1.38 bits per heavy atom. The summed E-state index contributed by atoms with van der Waals surface area (Å²) in [7, 11) is 0. The molecule has 0 saturated heterocycles. The van der Waals surface area contributed by atoms with E-state index in [2.05, 4.69) is 6.58 Å². The summed E-state index contributed by atoms with van der Waals surface area (Å²) < 4.78 is 0. The first-order valence-corrected chi connectivity index (χ1v) is 4.19. The molecule has 70 valence electrons. The van der Waals surface area contributed by atoms with Gasteiger partial charge in [0.15, 0.2) is 0 Å². The SMILES string of the molecule is C=CC[C@@](C)(O)c1ccc(O)cc1. The molecule has 0 aromatic heterocycles. The molecule has 2 heteroatoms. The minimum absolute atomic E-state index is 0.207. The lowest BCUT2D eigenvalue weighted by Crippen LogP contribution is -2.19. The first-order chi connectivity index (χ1) is 6.06. The van der Waals surface area contributed by atoms with Crippen LogP contribution in [0.2, 0.25) is 0 Å². The number of phenolic OH excluding ortho intramolecular Hbond substituents is 1. The summed E-state index contributed by atoms with van der Waals surface area (Å²) in [4.78, 5) is 0. The molecule has 1 rings (SSSR count). The maximum Gasteiger partial charge on any atom is 0.115 e. The van der Waals surface area contributed by atoms with Gasteiger partial charge in [0.05, 0.1) is 5.60 Å². The first-order valence-electron chi connectivity index (χ1n) is 4.19. The number of aliphatic hydroxyl groups is 1. The monoisotopic (exact) mass is 178 g/mol. The predicted molar refractivity (Wildman–Crippen MR) is 52.5 cm³/mol. The second-order valence-corrected chi connectivity index (χ2v) is 3.31. The molecule has 0 aliphatic heterocycles. The molecule has 13 heavy (non-hydrogen) atoms. The highest BCUT2D eigenvalue weighted by molar-refractivity contribution is 5.29. The summed E-state index contributed by atoms with van der Waals surface area (Å²) in [6, 6.07) is 6.54. The van der Waals surface area contributed by atoms with Crippen molar-refractivity contribution in [2.24, 2.45) is 0 Å². The number of benzene rings is 1. The first kappa shape index (κ1) is 9.81. The highest BCUT2D eigenvalue weighted by atomic mass is 16.3. The van der Waals surface area contributed by atoms with E-state index >= 15 is 0 Å². The Morgan fingerprint density at radius 3 is 2.38 bits per heavy atom. The Balaban J connectivity index is 2.93. The number of rotatable bonds is 3. The molecular weight excluding hydrogens is 164 g/mol. The van der Waals surface area contributed by atoms with Gasteiger partial charge >= 0.3 is 0 Å². The van der Waals surface area contributed by atoms with Gasteiger partial charge in [-0.2, -0.15) is 0 Å². The zero-order chi connectivity index (χ0) is 9.90. The zero-order valence-electron chi connectivity index (χ0n) is 7.70. The molecule has 0 amide bonds. The van der Waals surface area contributed by atoms with Crippen LogP contribution in [0.15, 0.2) is 36.9 Å². The summed E-state index contributed by atoms with van der Waals surface area (Å²) in [6.45, 7) is 5.30. The lowest BCUT2D eigenvalue weighted by Gasteiger charge is -2.21. The Kier molecular flexibility index (Phi) is 2.73. The third-order valence-corrected chi connectivity index (χ3v) is 2.03. The topological polar surface area (TPSA) is 40.5 Å². The third-order valence-electron chi connectivity index (χ3n) is 2.03. The number of hydrogen-bond donors (Lipinski definition) is 2. The van der Waals surface area contributed by atoms with Crippen LogP contribution in [0.4, 0.5) is 0 Å². The van der Waals surface area contributed by atoms with Gasteiger partial charge in [-0.25, -0.2) is 0 Å². The standard InChI is InChI=1S/C11H14O2/c1-3-8-11(2,13)9-4-6-10(12)7-5-9/h3-7,12-13H,1,8H2,2H3/t11-/m1/s1. The fraction of sp³-hybridized carbons (Fsp3) is 0.273. The van der Waals surface area contributed by atoms with E-state index in [9.17, 15) is 5.11 Å². The van der Waals surface area contributed by atoms with Gasteiger partial charge in [0.1, 0.15) is 5.75 Å². The van der Waals surface area contributed by atoms with E-state index in [4.69, 9.17) is 5.11 Å². The maximum absolute atomic E-state index is 9.92. The molecule has 2 nitrogen and oxygen atoms in total. The van der Waals surface area contributed by atoms with Crippen molar-refractivity contribution in [3.63, 3.8) is 0 Å². The summed E-state index contributed by atoms with van der Waals surface area (Å²) in [5.41, 5.74) is -0.111. The highest BCUT2D eigenvalue weighted by Gasteiger charge is 2.20. The fourth-order valence-corrected chi connectivity index (χ4v) is 1.22. The summed E-state index contributed by atoms with van der Waals surface area (Å²) >= 11 is 0. The largest absolute Gasteiger partial charge is 0.508 e. The molecule has 0 fully saturated rings. The van der Waals surface area contributed by atoms with Crippen molar-refractivity contribution in [2.45, 2.75) is 18.9 Å². The van der Waals surface area contributed by atoms with Gasteiger partial charge in [-0.05, 0) is 31.0 Å². The van der Waals surface area contributed by atoms with Crippen molar-refractivity contribution < 1.29 is 10.2 Å². The molecule has 0 unspecified atom stereocenters. The van der Waals surface area contributed by atoms with E-state index < -0.39 is 5.60 Å². The molecular formula is C11H14O2. The minimum Gasteiger partial charge on any atom is -0.508 e. The van der Waals surface area contributed by atoms with Gasteiger partial charge in [-0.3, -0.25) is 0 Å². The molecule has 2 N–H and O–H groups in total. The molecule has 0 bridgehead atoms. The van der Waals surface area contributed by atoms with Crippen LogP contribution in [0.5, 0.6) is 5.75 Å². The van der Waals surface area contributed by atoms with E-state index in [0.717, 1.165) is 5.56 Å². The highest BCUT2D eigenvalue weighted by Crippen LogP contribution is 2.25. The van der Waals surface area contributed by atoms with Crippen molar-refractivity contribution >= 4 is 0 Å². The summed E-state index contributed by atoms with van der Waals surface area (Å²) in [5.74, 6) is 0.207. The number of phenols is 1. The van der Waals surface area contributed by atoms with Gasteiger partial charge < -0.3 is 10.2 Å². The van der Waals surface area contributed by atoms with Gasteiger partial charge in [-0.15, -0.1) is 6.58 Å². The van der Waals surface area contributed by atoms with Crippen molar-refractivity contribution in [3.8, 4) is 5.75 Å². The second kappa shape index (κ2) is 3.62. The molecule has 1 aromatic carbocycles. The van der Waals surface area contributed by atoms with Crippen LogP contribution in [-0.2, 0) is 5.60 Å². The van der Waals surface area contributed by atoms with Gasteiger partial charge in [-0.1, -0.05) is 18.2 Å². The Labute approximate surface area is 78.2 Å². The number of hydrogen-bond acceptors (Lipinski definition) is 2. The Morgan fingerprint density at radius 2 is 1.92 bits per heavy atom. The second-order valence-electron chi connectivity index (χ2n) is 3.31. The third kappa shape index (κ3) is 2.33. The van der Waals surface area contributed by atoms with Crippen molar-refractivity contribution in [3.05, 3.63) is 42.5 Å². The quantitative estimate of drug-likeness (QED) is 0.696. The van der Waals surface area contributed by atoms with E-state index in [1.165, 1.54) is 0 Å². The van der Waals surface area contributed by atoms with Crippen LogP contribution in [0, 0.1) is 0 Å². The minimum atomic E-state index is -0.893. The number of aromatic hydroxyl groups is 1. The predicted octanol–water partition coefficient (Wildman–Crippen LogP) is 2.18. The van der Waals surface area contributed by atoms with Gasteiger partial charge in [0.25, 0.3) is 0 Å². The average molecular weight is 178 g/mol. The molecule has 0 aliphatic rings. The Hall–Kier alpha value is -1.28. The van der Waals surface area contributed by atoms with Crippen molar-refractivity contribution in [1.82, 2.24) is 0 Å². The molecule has 1 atom stereocenters. The van der Waals surface area contributed by atoms with Crippen LogP contribution in [0.1, 0.15) is 18.9 Å².